The molecule has 5 nitrogen and oxygen atoms in total. The summed E-state index contributed by atoms with van der Waals surface area (Å²) in [6, 6.07) is 8.06. The lowest BCUT2D eigenvalue weighted by molar-refractivity contribution is -0.151. The van der Waals surface area contributed by atoms with Crippen molar-refractivity contribution in [1.29, 1.82) is 0 Å². The first-order chi connectivity index (χ1) is 8.91. The molecule has 0 spiro atoms. The average molecular weight is 263 g/mol. The number of benzene rings is 1. The molecule has 0 radical (unpaired) electrons. The molecule has 0 saturated heterocycles. The molecule has 0 unspecified atom stereocenters. The third-order valence-corrected chi connectivity index (χ3v) is 2.68. The van der Waals surface area contributed by atoms with E-state index in [1.165, 1.54) is 0 Å². The van der Waals surface area contributed by atoms with E-state index in [1.54, 1.807) is 26.0 Å². The van der Waals surface area contributed by atoms with Crippen LogP contribution in [0.5, 0.6) is 0 Å². The molecule has 102 valence electrons. The van der Waals surface area contributed by atoms with Crippen molar-refractivity contribution in [3.05, 3.63) is 35.9 Å². The summed E-state index contributed by atoms with van der Waals surface area (Å²) in [5.41, 5.74) is 0.810. The molecule has 0 aromatic heterocycles. The van der Waals surface area contributed by atoms with E-state index < -0.39 is 17.8 Å². The van der Waals surface area contributed by atoms with Crippen molar-refractivity contribution >= 4 is 17.7 Å². The van der Waals surface area contributed by atoms with Crippen LogP contribution in [0.4, 0.5) is 0 Å². The second kappa shape index (κ2) is 6.68. The van der Waals surface area contributed by atoms with Gasteiger partial charge in [0.05, 0.1) is 6.42 Å². The number of carbonyl (C=O) groups excluding carboxylic acids is 2. The molecule has 1 aromatic rings. The predicted octanol–water partition coefficient (Wildman–Crippen LogP) is 1.02. The second-order valence-corrected chi connectivity index (χ2v) is 4.62. The summed E-state index contributed by atoms with van der Waals surface area (Å²) in [5, 5.41) is 11.2. The van der Waals surface area contributed by atoms with Gasteiger partial charge < -0.3 is 10.4 Å². The van der Waals surface area contributed by atoms with Gasteiger partial charge in [-0.15, -0.1) is 0 Å². The van der Waals surface area contributed by atoms with Gasteiger partial charge in [-0.1, -0.05) is 44.2 Å². The molecule has 0 aliphatic heterocycles. The highest BCUT2D eigenvalue weighted by atomic mass is 16.4. The van der Waals surface area contributed by atoms with E-state index in [0.717, 1.165) is 5.56 Å². The van der Waals surface area contributed by atoms with Gasteiger partial charge in [0.2, 0.25) is 5.91 Å². The van der Waals surface area contributed by atoms with Crippen LogP contribution in [0.2, 0.25) is 0 Å². The minimum absolute atomic E-state index is 0.122. The Morgan fingerprint density at radius 1 is 1.16 bits per heavy atom. The monoisotopic (exact) mass is 263 g/mol. The van der Waals surface area contributed by atoms with Crippen LogP contribution < -0.4 is 5.32 Å². The Bertz CT molecular complexity index is 468. The summed E-state index contributed by atoms with van der Waals surface area (Å²) >= 11 is 0. The molecular weight excluding hydrogens is 246 g/mol. The maximum atomic E-state index is 11.8. The van der Waals surface area contributed by atoms with Crippen LogP contribution in [0.25, 0.3) is 0 Å². The van der Waals surface area contributed by atoms with E-state index in [9.17, 15) is 14.4 Å². The molecule has 19 heavy (non-hydrogen) atoms. The first-order valence-electron chi connectivity index (χ1n) is 6.02. The number of hydrogen-bond acceptors (Lipinski definition) is 3. The summed E-state index contributed by atoms with van der Waals surface area (Å²) in [6.45, 7) is 3.38. The highest BCUT2D eigenvalue weighted by molar-refractivity contribution is 6.35. The maximum Gasteiger partial charge on any atom is 0.374 e. The fourth-order valence-electron chi connectivity index (χ4n) is 1.67. The zero-order valence-corrected chi connectivity index (χ0v) is 10.9. The molecule has 1 rings (SSSR count). The lowest BCUT2D eigenvalue weighted by Gasteiger charge is -2.19. The fourth-order valence-corrected chi connectivity index (χ4v) is 1.67. The number of nitrogens with one attached hydrogen (secondary N) is 1. The summed E-state index contributed by atoms with van der Waals surface area (Å²) < 4.78 is 0. The number of carbonyl (C=O) groups is 3. The number of amides is 1. The van der Waals surface area contributed by atoms with E-state index in [0.29, 0.717) is 0 Å². The quantitative estimate of drug-likeness (QED) is 0.751. The Morgan fingerprint density at radius 3 is 2.21 bits per heavy atom. The molecule has 0 saturated carbocycles. The molecule has 5 heteroatoms. The van der Waals surface area contributed by atoms with Gasteiger partial charge >= 0.3 is 5.97 Å². The third-order valence-electron chi connectivity index (χ3n) is 2.68. The third kappa shape index (κ3) is 4.54. The van der Waals surface area contributed by atoms with Crippen molar-refractivity contribution in [2.45, 2.75) is 26.3 Å². The summed E-state index contributed by atoms with van der Waals surface area (Å²) in [5.74, 6) is -3.15. The summed E-state index contributed by atoms with van der Waals surface area (Å²) in [7, 11) is 0. The van der Waals surface area contributed by atoms with Gasteiger partial charge in [-0.2, -0.15) is 0 Å². The van der Waals surface area contributed by atoms with Gasteiger partial charge in [0.25, 0.3) is 5.78 Å². The van der Waals surface area contributed by atoms with Gasteiger partial charge in [0.1, 0.15) is 6.04 Å². The van der Waals surface area contributed by atoms with Crippen molar-refractivity contribution in [3.63, 3.8) is 0 Å². The first-order valence-corrected chi connectivity index (χ1v) is 6.02. The molecule has 1 amide bonds. The first kappa shape index (κ1) is 14.9. The predicted molar refractivity (Wildman–Crippen MR) is 69.6 cm³/mol. The molecule has 0 aliphatic carbocycles. The van der Waals surface area contributed by atoms with Gasteiger partial charge in [0.15, 0.2) is 0 Å². The minimum Gasteiger partial charge on any atom is -0.475 e. The molecule has 0 heterocycles. The second-order valence-electron chi connectivity index (χ2n) is 4.62. The van der Waals surface area contributed by atoms with Gasteiger partial charge in [-0.3, -0.25) is 9.59 Å². The van der Waals surface area contributed by atoms with E-state index in [1.807, 2.05) is 18.2 Å². The number of Topliss-reactive ketones (excluding diaryl/α,β-unsaturated/α-hetero) is 1. The van der Waals surface area contributed by atoms with Crippen LogP contribution in [-0.2, 0) is 20.8 Å². The lowest BCUT2D eigenvalue weighted by atomic mass is 9.99. The van der Waals surface area contributed by atoms with E-state index >= 15 is 0 Å². The van der Waals surface area contributed by atoms with E-state index in [2.05, 4.69) is 5.32 Å². The van der Waals surface area contributed by atoms with Crippen LogP contribution >= 0.6 is 0 Å². The van der Waals surface area contributed by atoms with Gasteiger partial charge in [-0.05, 0) is 11.5 Å². The molecule has 2 N–H and O–H groups in total. The zero-order valence-electron chi connectivity index (χ0n) is 10.9. The number of carboxylic acids is 1. The van der Waals surface area contributed by atoms with Crippen LogP contribution in [0, 0.1) is 5.92 Å². The van der Waals surface area contributed by atoms with Crippen molar-refractivity contribution in [3.8, 4) is 0 Å². The Hall–Kier alpha value is -2.17. The number of ketones is 1. The molecule has 0 aliphatic rings. The molecule has 1 atom stereocenters. The highest BCUT2D eigenvalue weighted by Crippen LogP contribution is 2.05. The number of aliphatic carboxylic acids is 1. The Kier molecular flexibility index (Phi) is 5.23. The average Bonchev–Trinajstić information content (AvgIpc) is 2.36. The van der Waals surface area contributed by atoms with Crippen LogP contribution in [0.3, 0.4) is 0 Å². The number of hydrogen-bond donors (Lipinski definition) is 2. The number of rotatable bonds is 6. The Balaban J connectivity index is 2.67. The van der Waals surface area contributed by atoms with Crippen LogP contribution in [0.15, 0.2) is 30.3 Å². The summed E-state index contributed by atoms with van der Waals surface area (Å²) in [6.07, 6.45) is 0.122. The van der Waals surface area contributed by atoms with Crippen LogP contribution in [0.1, 0.15) is 19.4 Å². The van der Waals surface area contributed by atoms with E-state index in [4.69, 9.17) is 5.11 Å². The largest absolute Gasteiger partial charge is 0.475 e. The standard InChI is InChI=1S/C14H17NO4/c1-9(2)12(13(17)14(18)19)15-11(16)8-10-6-4-3-5-7-10/h3-7,9,12H,8H2,1-2H3,(H,15,16)(H,18,19)/t12-/m1/s1. The summed E-state index contributed by atoms with van der Waals surface area (Å²) in [4.78, 5) is 33.9. The van der Waals surface area contributed by atoms with Crippen molar-refractivity contribution < 1.29 is 19.5 Å². The Morgan fingerprint density at radius 2 is 1.74 bits per heavy atom. The van der Waals surface area contributed by atoms with E-state index in [-0.39, 0.29) is 18.2 Å². The normalized spacial score (nSPS) is 11.9. The van der Waals surface area contributed by atoms with Crippen molar-refractivity contribution in [2.75, 3.05) is 0 Å². The lowest BCUT2D eigenvalue weighted by Crippen LogP contribution is -2.47. The maximum absolute atomic E-state index is 11.8. The van der Waals surface area contributed by atoms with Gasteiger partial charge in [-0.25, -0.2) is 4.79 Å². The van der Waals surface area contributed by atoms with Gasteiger partial charge in [0, 0.05) is 0 Å². The highest BCUT2D eigenvalue weighted by Gasteiger charge is 2.28. The number of carboxylic acid groups (broad SMARTS) is 1. The molecule has 0 fully saturated rings. The fraction of sp³-hybridized carbons (Fsp3) is 0.357. The van der Waals surface area contributed by atoms with Crippen LogP contribution in [-0.4, -0.2) is 28.8 Å². The molecule has 1 aromatic carbocycles. The molecular formula is C14H17NO4. The van der Waals surface area contributed by atoms with Crippen molar-refractivity contribution in [2.24, 2.45) is 5.92 Å². The smallest absolute Gasteiger partial charge is 0.374 e. The topological polar surface area (TPSA) is 83.5 Å². The minimum atomic E-state index is -1.53. The zero-order chi connectivity index (χ0) is 14.4. The molecule has 0 bridgehead atoms. The van der Waals surface area contributed by atoms with Crippen molar-refractivity contribution in [1.82, 2.24) is 5.32 Å². The SMILES string of the molecule is CC(C)[C@@H](NC(=O)Cc1ccccc1)C(=O)C(=O)O. The Labute approximate surface area is 111 Å².